The first-order valence-electron chi connectivity index (χ1n) is 4.61. The monoisotopic (exact) mass is 204 g/mol. The van der Waals surface area contributed by atoms with Gasteiger partial charge < -0.3 is 15.0 Å². The Morgan fingerprint density at radius 3 is 3.07 bits per heavy atom. The molecular formula is C10H12N4O. The fourth-order valence-electron chi connectivity index (χ4n) is 1.25. The van der Waals surface area contributed by atoms with Gasteiger partial charge in [-0.15, -0.1) is 0 Å². The molecule has 0 aliphatic heterocycles. The molecule has 15 heavy (non-hydrogen) atoms. The second-order valence-corrected chi connectivity index (χ2v) is 2.94. The van der Waals surface area contributed by atoms with Gasteiger partial charge in [-0.05, 0) is 12.1 Å². The Kier molecular flexibility index (Phi) is 2.82. The fraction of sp³-hybridized carbons (Fsp3) is 0.200. The minimum absolute atomic E-state index is 0.598. The number of ether oxygens (including phenoxy) is 1. The molecule has 2 aromatic heterocycles. The Bertz CT molecular complexity index is 413. The Hall–Kier alpha value is -2.04. The topological polar surface area (TPSA) is 62.8 Å². The van der Waals surface area contributed by atoms with Gasteiger partial charge in [-0.3, -0.25) is 0 Å². The molecule has 0 fully saturated rings. The molecule has 0 atom stereocenters. The van der Waals surface area contributed by atoms with Gasteiger partial charge in [0.1, 0.15) is 5.82 Å². The van der Waals surface area contributed by atoms with Crippen LogP contribution < -0.4 is 10.1 Å². The lowest BCUT2D eigenvalue weighted by Crippen LogP contribution is -2.04. The van der Waals surface area contributed by atoms with Crippen molar-refractivity contribution >= 4 is 5.82 Å². The molecule has 2 aromatic rings. The molecule has 78 valence electrons. The Labute approximate surface area is 87.5 Å². The molecule has 0 aromatic carbocycles. The maximum absolute atomic E-state index is 5.16. The SMILES string of the molecule is COc1cccnc1NCc1ncc[nH]1. The van der Waals surface area contributed by atoms with E-state index in [-0.39, 0.29) is 0 Å². The summed E-state index contributed by atoms with van der Waals surface area (Å²) in [6, 6.07) is 3.69. The highest BCUT2D eigenvalue weighted by Gasteiger charge is 2.02. The molecule has 2 heterocycles. The van der Waals surface area contributed by atoms with Crippen LogP contribution >= 0.6 is 0 Å². The summed E-state index contributed by atoms with van der Waals surface area (Å²) in [6.45, 7) is 0.598. The van der Waals surface area contributed by atoms with Crippen molar-refractivity contribution in [2.24, 2.45) is 0 Å². The van der Waals surface area contributed by atoms with Crippen molar-refractivity contribution < 1.29 is 4.74 Å². The van der Waals surface area contributed by atoms with Crippen LogP contribution in [0, 0.1) is 0 Å². The highest BCUT2D eigenvalue weighted by molar-refractivity contribution is 5.49. The van der Waals surface area contributed by atoms with Gasteiger partial charge in [-0.1, -0.05) is 0 Å². The van der Waals surface area contributed by atoms with Crippen molar-refractivity contribution in [2.45, 2.75) is 6.54 Å². The van der Waals surface area contributed by atoms with Gasteiger partial charge in [-0.25, -0.2) is 9.97 Å². The molecule has 0 aliphatic rings. The number of rotatable bonds is 4. The van der Waals surface area contributed by atoms with Crippen LogP contribution in [0.15, 0.2) is 30.7 Å². The zero-order valence-electron chi connectivity index (χ0n) is 8.40. The van der Waals surface area contributed by atoms with E-state index in [2.05, 4.69) is 20.3 Å². The predicted molar refractivity (Wildman–Crippen MR) is 56.7 cm³/mol. The Morgan fingerprint density at radius 2 is 2.33 bits per heavy atom. The van der Waals surface area contributed by atoms with Gasteiger partial charge in [0.2, 0.25) is 0 Å². The number of aromatic amines is 1. The first-order valence-corrected chi connectivity index (χ1v) is 4.61. The lowest BCUT2D eigenvalue weighted by Gasteiger charge is -2.07. The van der Waals surface area contributed by atoms with Gasteiger partial charge >= 0.3 is 0 Å². The van der Waals surface area contributed by atoms with Crippen molar-refractivity contribution in [3.8, 4) is 5.75 Å². The van der Waals surface area contributed by atoms with Crippen LogP contribution in [-0.4, -0.2) is 22.1 Å². The minimum atomic E-state index is 0.598. The third kappa shape index (κ3) is 2.25. The van der Waals surface area contributed by atoms with Crippen molar-refractivity contribution in [1.29, 1.82) is 0 Å². The molecule has 5 nitrogen and oxygen atoms in total. The largest absolute Gasteiger partial charge is 0.493 e. The molecule has 0 spiro atoms. The molecule has 0 saturated heterocycles. The third-order valence-corrected chi connectivity index (χ3v) is 1.97. The number of methoxy groups -OCH3 is 1. The standard InChI is InChI=1S/C10H12N4O/c1-15-8-3-2-4-13-10(8)14-7-9-11-5-6-12-9/h2-6H,7H2,1H3,(H,11,12)(H,13,14). The van der Waals surface area contributed by atoms with Gasteiger partial charge in [0.05, 0.1) is 13.7 Å². The number of hydrogen-bond donors (Lipinski definition) is 2. The Balaban J connectivity index is 2.04. The smallest absolute Gasteiger partial charge is 0.169 e. The van der Waals surface area contributed by atoms with E-state index >= 15 is 0 Å². The number of imidazole rings is 1. The molecule has 0 aliphatic carbocycles. The molecule has 5 heteroatoms. The summed E-state index contributed by atoms with van der Waals surface area (Å²) < 4.78 is 5.16. The number of nitrogens with one attached hydrogen (secondary N) is 2. The van der Waals surface area contributed by atoms with E-state index in [1.165, 1.54) is 0 Å². The summed E-state index contributed by atoms with van der Waals surface area (Å²) in [5.74, 6) is 2.31. The lowest BCUT2D eigenvalue weighted by atomic mass is 10.4. The summed E-state index contributed by atoms with van der Waals surface area (Å²) in [6.07, 6.45) is 5.21. The van der Waals surface area contributed by atoms with Crippen LogP contribution in [0.1, 0.15) is 5.82 Å². The minimum Gasteiger partial charge on any atom is -0.493 e. The number of aromatic nitrogens is 3. The quantitative estimate of drug-likeness (QED) is 0.790. The van der Waals surface area contributed by atoms with E-state index in [9.17, 15) is 0 Å². The zero-order valence-corrected chi connectivity index (χ0v) is 8.40. The van der Waals surface area contributed by atoms with Crippen LogP contribution in [0.5, 0.6) is 5.75 Å². The van der Waals surface area contributed by atoms with Gasteiger partial charge in [0, 0.05) is 18.6 Å². The van der Waals surface area contributed by atoms with E-state index in [0.717, 1.165) is 17.4 Å². The number of nitrogens with zero attached hydrogens (tertiary/aromatic N) is 2. The summed E-state index contributed by atoms with van der Waals surface area (Å²) in [5, 5.41) is 3.14. The van der Waals surface area contributed by atoms with E-state index < -0.39 is 0 Å². The molecule has 0 bridgehead atoms. The third-order valence-electron chi connectivity index (χ3n) is 1.97. The van der Waals surface area contributed by atoms with Crippen molar-refractivity contribution in [3.63, 3.8) is 0 Å². The van der Waals surface area contributed by atoms with E-state index in [1.54, 1.807) is 25.7 Å². The molecule has 0 saturated carbocycles. The highest BCUT2D eigenvalue weighted by Crippen LogP contribution is 2.19. The van der Waals surface area contributed by atoms with Crippen molar-refractivity contribution in [3.05, 3.63) is 36.5 Å². The van der Waals surface area contributed by atoms with Gasteiger partial charge in [0.15, 0.2) is 11.6 Å². The molecule has 0 radical (unpaired) electrons. The number of pyridine rings is 1. The first-order chi connectivity index (χ1) is 7.40. The zero-order chi connectivity index (χ0) is 10.5. The van der Waals surface area contributed by atoms with E-state index in [0.29, 0.717) is 6.54 Å². The van der Waals surface area contributed by atoms with Crippen LogP contribution in [-0.2, 0) is 6.54 Å². The molecule has 0 amide bonds. The maximum Gasteiger partial charge on any atom is 0.169 e. The van der Waals surface area contributed by atoms with Crippen LogP contribution in [0.4, 0.5) is 5.82 Å². The summed E-state index contributed by atoms with van der Waals surface area (Å²) in [4.78, 5) is 11.3. The van der Waals surface area contributed by atoms with Gasteiger partial charge in [0.25, 0.3) is 0 Å². The average Bonchev–Trinajstić information content (AvgIpc) is 2.79. The Morgan fingerprint density at radius 1 is 1.40 bits per heavy atom. The molecular weight excluding hydrogens is 192 g/mol. The molecule has 2 N–H and O–H groups in total. The van der Waals surface area contributed by atoms with Crippen LogP contribution in [0.25, 0.3) is 0 Å². The second-order valence-electron chi connectivity index (χ2n) is 2.94. The van der Waals surface area contributed by atoms with E-state index in [4.69, 9.17) is 4.74 Å². The normalized spacial score (nSPS) is 9.93. The predicted octanol–water partition coefficient (Wildman–Crippen LogP) is 1.43. The fourth-order valence-corrected chi connectivity index (χ4v) is 1.25. The lowest BCUT2D eigenvalue weighted by molar-refractivity contribution is 0.415. The van der Waals surface area contributed by atoms with Crippen molar-refractivity contribution in [1.82, 2.24) is 15.0 Å². The molecule has 0 unspecified atom stereocenters. The number of hydrogen-bond acceptors (Lipinski definition) is 4. The first kappa shape index (κ1) is 9.51. The summed E-state index contributed by atoms with van der Waals surface area (Å²) in [5.41, 5.74) is 0. The summed E-state index contributed by atoms with van der Waals surface area (Å²) >= 11 is 0. The maximum atomic E-state index is 5.16. The van der Waals surface area contributed by atoms with Crippen molar-refractivity contribution in [2.75, 3.05) is 12.4 Å². The average molecular weight is 204 g/mol. The number of anilines is 1. The number of H-pyrrole nitrogens is 1. The molecule has 2 rings (SSSR count). The second kappa shape index (κ2) is 4.45. The highest BCUT2D eigenvalue weighted by atomic mass is 16.5. The van der Waals surface area contributed by atoms with Crippen LogP contribution in [0.3, 0.4) is 0 Å². The summed E-state index contributed by atoms with van der Waals surface area (Å²) in [7, 11) is 1.62. The van der Waals surface area contributed by atoms with Gasteiger partial charge in [-0.2, -0.15) is 0 Å². The van der Waals surface area contributed by atoms with E-state index in [1.807, 2.05) is 12.1 Å². The van der Waals surface area contributed by atoms with Crippen LogP contribution in [0.2, 0.25) is 0 Å².